The first kappa shape index (κ1) is 8.67. The van der Waals surface area contributed by atoms with Crippen molar-refractivity contribution in [3.8, 4) is 0 Å². The van der Waals surface area contributed by atoms with E-state index in [0.29, 0.717) is 11.1 Å². The lowest BCUT2D eigenvalue weighted by Gasteiger charge is -2.02. The van der Waals surface area contributed by atoms with Crippen LogP contribution in [0, 0.1) is 12.7 Å². The summed E-state index contributed by atoms with van der Waals surface area (Å²) in [6, 6.07) is 3.90. The van der Waals surface area contributed by atoms with Crippen LogP contribution in [0.2, 0.25) is 0 Å². The van der Waals surface area contributed by atoms with Crippen molar-refractivity contribution in [2.24, 2.45) is 5.84 Å². The summed E-state index contributed by atoms with van der Waals surface area (Å²) in [6.45, 7) is 1.65. The third-order valence-electron chi connectivity index (χ3n) is 1.56. The number of benzene rings is 1. The molecule has 4 heteroatoms. The van der Waals surface area contributed by atoms with Crippen LogP contribution >= 0.6 is 0 Å². The van der Waals surface area contributed by atoms with E-state index in [1.807, 2.05) is 5.43 Å². The molecule has 1 aromatic rings. The summed E-state index contributed by atoms with van der Waals surface area (Å²) in [5, 5.41) is 0. The van der Waals surface area contributed by atoms with Gasteiger partial charge < -0.3 is 0 Å². The fourth-order valence-corrected chi connectivity index (χ4v) is 0.960. The van der Waals surface area contributed by atoms with Gasteiger partial charge in [0, 0.05) is 5.56 Å². The first-order chi connectivity index (χ1) is 5.65. The Kier molecular flexibility index (Phi) is 2.40. The van der Waals surface area contributed by atoms with Crippen molar-refractivity contribution in [2.45, 2.75) is 6.92 Å². The van der Waals surface area contributed by atoms with E-state index in [1.165, 1.54) is 18.2 Å². The monoisotopic (exact) mass is 168 g/mol. The molecule has 1 amide bonds. The SMILES string of the molecule is Cc1cc(F)ccc1C(=O)NN. The fourth-order valence-electron chi connectivity index (χ4n) is 0.960. The number of nitrogen functional groups attached to an aromatic ring is 1. The molecule has 3 N–H and O–H groups in total. The van der Waals surface area contributed by atoms with Gasteiger partial charge in [0.1, 0.15) is 5.82 Å². The lowest BCUT2D eigenvalue weighted by molar-refractivity contribution is 0.0953. The summed E-state index contributed by atoms with van der Waals surface area (Å²) in [7, 11) is 0. The Labute approximate surface area is 69.3 Å². The first-order valence-electron chi connectivity index (χ1n) is 3.42. The Hall–Kier alpha value is -1.42. The van der Waals surface area contributed by atoms with Crippen LogP contribution in [-0.2, 0) is 0 Å². The largest absolute Gasteiger partial charge is 0.290 e. The summed E-state index contributed by atoms with van der Waals surface area (Å²) >= 11 is 0. The number of carbonyl (C=O) groups excluding carboxylic acids is 1. The molecule has 0 saturated heterocycles. The zero-order chi connectivity index (χ0) is 9.14. The zero-order valence-electron chi connectivity index (χ0n) is 6.60. The van der Waals surface area contributed by atoms with E-state index in [-0.39, 0.29) is 5.82 Å². The van der Waals surface area contributed by atoms with Crippen molar-refractivity contribution >= 4 is 5.91 Å². The van der Waals surface area contributed by atoms with Crippen molar-refractivity contribution in [1.29, 1.82) is 0 Å². The molecule has 12 heavy (non-hydrogen) atoms. The summed E-state index contributed by atoms with van der Waals surface area (Å²) in [4.78, 5) is 11.0. The smallest absolute Gasteiger partial charge is 0.265 e. The number of carbonyl (C=O) groups is 1. The van der Waals surface area contributed by atoms with Crippen LogP contribution in [0.25, 0.3) is 0 Å². The highest BCUT2D eigenvalue weighted by Gasteiger charge is 2.06. The molecule has 0 fully saturated rings. The highest BCUT2D eigenvalue weighted by Crippen LogP contribution is 2.09. The van der Waals surface area contributed by atoms with Gasteiger partial charge in [-0.25, -0.2) is 10.2 Å². The molecule has 1 rings (SSSR count). The van der Waals surface area contributed by atoms with Gasteiger partial charge in [0.2, 0.25) is 0 Å². The van der Waals surface area contributed by atoms with E-state index in [4.69, 9.17) is 5.84 Å². The molecule has 0 aliphatic rings. The average Bonchev–Trinajstić information content (AvgIpc) is 2.03. The highest BCUT2D eigenvalue weighted by atomic mass is 19.1. The van der Waals surface area contributed by atoms with Gasteiger partial charge in [-0.15, -0.1) is 0 Å². The second kappa shape index (κ2) is 3.32. The number of nitrogens with one attached hydrogen (secondary N) is 1. The maximum Gasteiger partial charge on any atom is 0.265 e. The van der Waals surface area contributed by atoms with Gasteiger partial charge in [0.25, 0.3) is 5.91 Å². The number of nitrogens with two attached hydrogens (primary N) is 1. The molecule has 0 unspecified atom stereocenters. The number of hydrogen-bond acceptors (Lipinski definition) is 2. The molecule has 0 spiro atoms. The summed E-state index contributed by atoms with van der Waals surface area (Å²) < 4.78 is 12.6. The van der Waals surface area contributed by atoms with E-state index < -0.39 is 5.91 Å². The minimum absolute atomic E-state index is 0.360. The topological polar surface area (TPSA) is 55.1 Å². The van der Waals surface area contributed by atoms with Gasteiger partial charge in [-0.1, -0.05) is 0 Å². The lowest BCUT2D eigenvalue weighted by Crippen LogP contribution is -2.30. The van der Waals surface area contributed by atoms with Crippen LogP contribution in [0.4, 0.5) is 4.39 Å². The average molecular weight is 168 g/mol. The van der Waals surface area contributed by atoms with Crippen LogP contribution in [-0.4, -0.2) is 5.91 Å². The molecule has 0 radical (unpaired) electrons. The molecular weight excluding hydrogens is 159 g/mol. The Morgan fingerprint density at radius 1 is 1.58 bits per heavy atom. The quantitative estimate of drug-likeness (QED) is 0.369. The molecular formula is C8H9FN2O. The van der Waals surface area contributed by atoms with Gasteiger partial charge in [0.05, 0.1) is 0 Å². The summed E-state index contributed by atoms with van der Waals surface area (Å²) in [5.74, 6) is 4.15. The Morgan fingerprint density at radius 2 is 2.25 bits per heavy atom. The van der Waals surface area contributed by atoms with E-state index in [0.717, 1.165) is 0 Å². The van der Waals surface area contributed by atoms with Gasteiger partial charge in [-0.05, 0) is 30.7 Å². The Morgan fingerprint density at radius 3 is 2.75 bits per heavy atom. The van der Waals surface area contributed by atoms with Crippen molar-refractivity contribution in [3.05, 3.63) is 35.1 Å². The maximum absolute atomic E-state index is 12.6. The predicted octanol–water partition coefficient (Wildman–Crippen LogP) is 0.738. The van der Waals surface area contributed by atoms with Crippen molar-refractivity contribution in [2.75, 3.05) is 0 Å². The standard InChI is InChI=1S/C8H9FN2O/c1-5-4-6(9)2-3-7(5)8(12)11-10/h2-4H,10H2,1H3,(H,11,12). The van der Waals surface area contributed by atoms with Gasteiger partial charge >= 0.3 is 0 Å². The molecule has 64 valence electrons. The van der Waals surface area contributed by atoms with Gasteiger partial charge in [-0.2, -0.15) is 0 Å². The summed E-state index contributed by atoms with van der Waals surface area (Å²) in [6.07, 6.45) is 0. The van der Waals surface area contributed by atoms with E-state index >= 15 is 0 Å². The number of amides is 1. The van der Waals surface area contributed by atoms with Crippen LogP contribution in [0.1, 0.15) is 15.9 Å². The predicted molar refractivity (Wildman–Crippen MR) is 42.8 cm³/mol. The maximum atomic E-state index is 12.6. The second-order valence-corrected chi connectivity index (χ2v) is 2.43. The van der Waals surface area contributed by atoms with Crippen LogP contribution in [0.15, 0.2) is 18.2 Å². The number of hydrazine groups is 1. The molecule has 0 heterocycles. The second-order valence-electron chi connectivity index (χ2n) is 2.43. The third-order valence-corrected chi connectivity index (χ3v) is 1.56. The normalized spacial score (nSPS) is 9.58. The van der Waals surface area contributed by atoms with Crippen molar-refractivity contribution in [1.82, 2.24) is 5.43 Å². The van der Waals surface area contributed by atoms with E-state index in [9.17, 15) is 9.18 Å². The minimum Gasteiger partial charge on any atom is -0.290 e. The minimum atomic E-state index is -0.410. The number of rotatable bonds is 1. The number of hydrogen-bond donors (Lipinski definition) is 2. The number of halogens is 1. The molecule has 0 aliphatic carbocycles. The van der Waals surface area contributed by atoms with E-state index in [1.54, 1.807) is 6.92 Å². The zero-order valence-corrected chi connectivity index (χ0v) is 6.60. The molecule has 0 saturated carbocycles. The molecule has 0 bridgehead atoms. The number of aryl methyl sites for hydroxylation is 1. The highest BCUT2D eigenvalue weighted by molar-refractivity contribution is 5.95. The lowest BCUT2D eigenvalue weighted by atomic mass is 10.1. The Bertz CT molecular complexity index is 312. The van der Waals surface area contributed by atoms with Crippen molar-refractivity contribution in [3.63, 3.8) is 0 Å². The summed E-state index contributed by atoms with van der Waals surface area (Å²) in [5.41, 5.74) is 2.94. The molecule has 0 aliphatic heterocycles. The van der Waals surface area contributed by atoms with Crippen LogP contribution < -0.4 is 11.3 Å². The van der Waals surface area contributed by atoms with Crippen molar-refractivity contribution < 1.29 is 9.18 Å². The van der Waals surface area contributed by atoms with E-state index in [2.05, 4.69) is 0 Å². The first-order valence-corrected chi connectivity index (χ1v) is 3.42. The fraction of sp³-hybridized carbons (Fsp3) is 0.125. The van der Waals surface area contributed by atoms with Crippen LogP contribution in [0.3, 0.4) is 0 Å². The Balaban J connectivity index is 3.09. The van der Waals surface area contributed by atoms with Crippen LogP contribution in [0.5, 0.6) is 0 Å². The molecule has 0 atom stereocenters. The molecule has 0 aromatic heterocycles. The van der Waals surface area contributed by atoms with Gasteiger partial charge in [-0.3, -0.25) is 10.2 Å². The molecule has 1 aromatic carbocycles. The third kappa shape index (κ3) is 1.60. The molecule has 3 nitrogen and oxygen atoms in total. The van der Waals surface area contributed by atoms with Gasteiger partial charge in [0.15, 0.2) is 0 Å².